The summed E-state index contributed by atoms with van der Waals surface area (Å²) in [6, 6.07) is 19.4. The van der Waals surface area contributed by atoms with Gasteiger partial charge in [-0.15, -0.1) is 0 Å². The molecule has 4 nitrogen and oxygen atoms in total. The zero-order valence-electron chi connectivity index (χ0n) is 14.2. The summed E-state index contributed by atoms with van der Waals surface area (Å²) < 4.78 is 15.3. The van der Waals surface area contributed by atoms with Crippen molar-refractivity contribution in [3.05, 3.63) is 91.5 Å². The van der Waals surface area contributed by atoms with E-state index in [9.17, 15) is 4.79 Å². The van der Waals surface area contributed by atoms with Gasteiger partial charge in [-0.1, -0.05) is 0 Å². The first-order valence-electron chi connectivity index (χ1n) is 8.08. The first-order chi connectivity index (χ1) is 12.7. The molecule has 0 fully saturated rings. The van der Waals surface area contributed by atoms with E-state index in [2.05, 4.69) is 4.85 Å². The van der Waals surface area contributed by atoms with E-state index < -0.39 is 25.0 Å². The van der Waals surface area contributed by atoms with E-state index >= 15 is 0 Å². The van der Waals surface area contributed by atoms with Crippen LogP contribution in [-0.4, -0.2) is 35.3 Å². The van der Waals surface area contributed by atoms with Gasteiger partial charge in [0.25, 0.3) is 0 Å². The molecule has 0 aliphatic carbocycles. The number of hydrogen-bond acceptors (Lipinski definition) is 3. The van der Waals surface area contributed by atoms with Gasteiger partial charge in [0.2, 0.25) is 0 Å². The molecular weight excluding hydrogens is 442 g/mol. The number of carbonyl (C=O) groups excluding carboxylic acids is 1. The Morgan fingerprint density at radius 2 is 1.50 bits per heavy atom. The van der Waals surface area contributed by atoms with Crippen molar-refractivity contribution in [2.24, 2.45) is 0 Å². The maximum atomic E-state index is 12.2. The van der Waals surface area contributed by atoms with Gasteiger partial charge in [0.15, 0.2) is 0 Å². The summed E-state index contributed by atoms with van der Waals surface area (Å²) in [6.07, 6.45) is 0. The van der Waals surface area contributed by atoms with Gasteiger partial charge in [0.05, 0.1) is 0 Å². The van der Waals surface area contributed by atoms with Crippen LogP contribution in [0.15, 0.2) is 68.9 Å². The monoisotopic (exact) mass is 461 g/mol. The van der Waals surface area contributed by atoms with Crippen LogP contribution in [0.5, 0.6) is 0 Å². The van der Waals surface area contributed by atoms with Crippen molar-refractivity contribution in [1.29, 1.82) is 0 Å². The predicted molar refractivity (Wildman–Crippen MR) is 104 cm³/mol. The molecule has 0 saturated carbocycles. The van der Waals surface area contributed by atoms with Gasteiger partial charge in [0.1, 0.15) is 0 Å². The van der Waals surface area contributed by atoms with Crippen LogP contribution in [0.2, 0.25) is 0 Å². The van der Waals surface area contributed by atoms with E-state index in [-0.39, 0.29) is 10.3 Å². The Morgan fingerprint density at radius 3 is 1.92 bits per heavy atom. The zero-order valence-corrected chi connectivity index (χ0v) is 16.5. The number of carbonyl (C=O) groups is 1. The van der Waals surface area contributed by atoms with Crippen LogP contribution in [0.3, 0.4) is 0 Å². The Bertz CT molecular complexity index is 881. The molecule has 0 radical (unpaired) electrons. The quantitative estimate of drug-likeness (QED) is 0.397. The summed E-state index contributed by atoms with van der Waals surface area (Å²) in [4.78, 5) is 15.7. The van der Waals surface area contributed by atoms with Crippen molar-refractivity contribution in [3.63, 3.8) is 0 Å². The SMILES string of the molecule is [C-]#[N+]C(C(=O)OCC)=[Te]1C=C(c2ccccc2)OC(c2ccccc2)=C1. The number of benzene rings is 2. The third kappa shape index (κ3) is 4.11. The van der Waals surface area contributed by atoms with Crippen molar-refractivity contribution < 1.29 is 14.3 Å². The molecule has 5 heteroatoms. The average molecular weight is 459 g/mol. The van der Waals surface area contributed by atoms with E-state index in [4.69, 9.17) is 16.0 Å². The topological polar surface area (TPSA) is 39.9 Å². The van der Waals surface area contributed by atoms with Crippen molar-refractivity contribution >= 4 is 40.2 Å². The van der Waals surface area contributed by atoms with Gasteiger partial charge < -0.3 is 0 Å². The molecule has 0 saturated heterocycles. The van der Waals surface area contributed by atoms with Crippen LogP contribution in [-0.2, 0) is 14.3 Å². The van der Waals surface area contributed by atoms with Crippen molar-refractivity contribution in [2.45, 2.75) is 6.92 Å². The molecule has 1 aliphatic rings. The summed E-state index contributed by atoms with van der Waals surface area (Å²) in [5, 5.41) is 0. The first-order valence-corrected chi connectivity index (χ1v) is 11.9. The molecule has 3 rings (SSSR count). The average Bonchev–Trinajstić information content (AvgIpc) is 2.70. The molecule has 1 heterocycles. The molecule has 0 spiro atoms. The molecule has 2 aromatic rings. The maximum absolute atomic E-state index is 12.2. The van der Waals surface area contributed by atoms with Crippen LogP contribution in [0.1, 0.15) is 18.1 Å². The molecule has 130 valence electrons. The normalized spacial score (nSPS) is 13.7. The van der Waals surface area contributed by atoms with E-state index in [0.29, 0.717) is 11.5 Å². The van der Waals surface area contributed by atoms with Gasteiger partial charge in [-0.3, -0.25) is 0 Å². The molecule has 26 heavy (non-hydrogen) atoms. The Labute approximate surface area is 159 Å². The number of ether oxygens (including phenoxy) is 2. The van der Waals surface area contributed by atoms with Crippen molar-refractivity contribution in [1.82, 2.24) is 0 Å². The predicted octanol–water partition coefficient (Wildman–Crippen LogP) is 3.87. The first kappa shape index (κ1) is 18.1. The minimum atomic E-state index is -2.51. The van der Waals surface area contributed by atoms with E-state index in [1.54, 1.807) is 6.92 Å². The molecular formula is C21H17NO3Te. The third-order valence-electron chi connectivity index (χ3n) is 3.58. The summed E-state index contributed by atoms with van der Waals surface area (Å²) in [7, 11) is 0. The van der Waals surface area contributed by atoms with Gasteiger partial charge in [-0.25, -0.2) is 0 Å². The van der Waals surface area contributed by atoms with Crippen LogP contribution in [0, 0.1) is 6.57 Å². The van der Waals surface area contributed by atoms with Crippen LogP contribution >= 0.6 is 0 Å². The Kier molecular flexibility index (Phi) is 6.02. The second kappa shape index (κ2) is 8.63. The zero-order chi connectivity index (χ0) is 18.4. The van der Waals surface area contributed by atoms with Crippen LogP contribution in [0.4, 0.5) is 0 Å². The standard InChI is InChI=1S/C21H17NO3Te/c1-3-24-21(23)20(22-2)26-14-18(16-10-6-4-7-11-16)25-19(15-26)17-12-8-5-9-13-17/h4-15H,3H2,1H3. The van der Waals surface area contributed by atoms with E-state index in [0.717, 1.165) is 11.1 Å². The fraction of sp³-hybridized carbons (Fsp3) is 0.0952. The Balaban J connectivity index is 2.13. The van der Waals surface area contributed by atoms with E-state index in [1.165, 1.54) is 0 Å². The Hall–Kier alpha value is -2.66. The van der Waals surface area contributed by atoms with Gasteiger partial charge in [0, 0.05) is 0 Å². The van der Waals surface area contributed by atoms with Crippen LogP contribution in [0.25, 0.3) is 16.4 Å². The molecule has 0 atom stereocenters. The summed E-state index contributed by atoms with van der Waals surface area (Å²) >= 11 is -2.51. The fourth-order valence-corrected chi connectivity index (χ4v) is 6.61. The van der Waals surface area contributed by atoms with Gasteiger partial charge >= 0.3 is 159 Å². The van der Waals surface area contributed by atoms with Gasteiger partial charge in [-0.2, -0.15) is 0 Å². The van der Waals surface area contributed by atoms with Crippen molar-refractivity contribution in [3.8, 4) is 0 Å². The summed E-state index contributed by atoms with van der Waals surface area (Å²) in [6.45, 7) is 9.47. The number of hydrogen-bond donors (Lipinski definition) is 0. The fourth-order valence-electron chi connectivity index (χ4n) is 2.39. The van der Waals surface area contributed by atoms with E-state index in [1.807, 2.05) is 68.9 Å². The molecule has 0 aromatic heterocycles. The number of esters is 1. The second-order valence-electron chi connectivity index (χ2n) is 5.31. The van der Waals surface area contributed by atoms with Gasteiger partial charge in [-0.05, 0) is 0 Å². The summed E-state index contributed by atoms with van der Waals surface area (Å²) in [5.74, 6) is 0.858. The second-order valence-corrected chi connectivity index (χ2v) is 9.88. The molecule has 0 amide bonds. The molecule has 0 N–H and O–H groups in total. The minimum absolute atomic E-state index is 0.195. The molecule has 2 aromatic carbocycles. The summed E-state index contributed by atoms with van der Waals surface area (Å²) in [5.41, 5.74) is 1.85. The third-order valence-corrected chi connectivity index (χ3v) is 8.26. The molecule has 0 unspecified atom stereocenters. The molecule has 0 bridgehead atoms. The number of nitrogens with zero attached hydrogens (tertiary/aromatic N) is 1. The molecule has 1 aliphatic heterocycles. The Morgan fingerprint density at radius 1 is 1.00 bits per heavy atom. The number of rotatable bonds is 4. The van der Waals surface area contributed by atoms with Crippen molar-refractivity contribution in [2.75, 3.05) is 6.61 Å². The van der Waals surface area contributed by atoms with Crippen LogP contribution < -0.4 is 0 Å².